The Morgan fingerprint density at radius 3 is 2.78 bits per heavy atom. The summed E-state index contributed by atoms with van der Waals surface area (Å²) in [5.74, 6) is 0.234. The zero-order valence-corrected chi connectivity index (χ0v) is 20.2. The van der Waals surface area contributed by atoms with Crippen LogP contribution >= 0.6 is 11.6 Å². The van der Waals surface area contributed by atoms with Gasteiger partial charge in [0.15, 0.2) is 0 Å². The van der Waals surface area contributed by atoms with Gasteiger partial charge in [-0.05, 0) is 42.7 Å². The number of carbonyl (C=O) groups excluding carboxylic acids is 1. The Morgan fingerprint density at radius 1 is 1.19 bits per heavy atom. The molecule has 4 aromatic rings. The van der Waals surface area contributed by atoms with Crippen LogP contribution in [0, 0.1) is 5.82 Å². The molecule has 11 heteroatoms. The molecule has 1 aliphatic heterocycles. The summed E-state index contributed by atoms with van der Waals surface area (Å²) in [6.45, 7) is 1.42. The number of carbonyl (C=O) groups is 1. The van der Waals surface area contributed by atoms with E-state index in [0.717, 1.165) is 18.2 Å². The topological polar surface area (TPSA) is 103 Å². The van der Waals surface area contributed by atoms with E-state index in [4.69, 9.17) is 21.1 Å². The second kappa shape index (κ2) is 10.5. The smallest absolute Gasteiger partial charge is 0.410 e. The maximum Gasteiger partial charge on any atom is 0.413 e. The van der Waals surface area contributed by atoms with Crippen molar-refractivity contribution in [3.8, 4) is 5.75 Å². The number of hydrogen-bond donors (Lipinski definition) is 2. The third kappa shape index (κ3) is 5.55. The van der Waals surface area contributed by atoms with Gasteiger partial charge in [-0.15, -0.1) is 0 Å². The van der Waals surface area contributed by atoms with Crippen molar-refractivity contribution in [2.45, 2.75) is 24.9 Å². The summed E-state index contributed by atoms with van der Waals surface area (Å²) < 4.78 is 26.7. The standard InChI is InChI=1S/C25H24ClFN6O3/c1-33-14-17(13-29-33)23(15-3-5-20(26)21(27)10-15)32-25(34)36-19-4-2-16-12-28-24(31-22(16)11-19)30-18-6-8-35-9-7-18/h2-5,10-14,18,23H,6-9H2,1H3,(H,32,34)(H,28,30,31)/t23-/m0/s1. The molecule has 2 aromatic heterocycles. The highest BCUT2D eigenvalue weighted by molar-refractivity contribution is 6.30. The van der Waals surface area contributed by atoms with E-state index in [9.17, 15) is 9.18 Å². The van der Waals surface area contributed by atoms with Crippen LogP contribution in [-0.4, -0.2) is 45.1 Å². The minimum absolute atomic E-state index is 0.00454. The molecule has 1 saturated heterocycles. The molecule has 3 heterocycles. The summed E-state index contributed by atoms with van der Waals surface area (Å²) in [5, 5.41) is 11.1. The molecule has 1 aliphatic rings. The van der Waals surface area contributed by atoms with Crippen LogP contribution in [0.2, 0.25) is 5.02 Å². The van der Waals surface area contributed by atoms with Crippen molar-refractivity contribution in [3.63, 3.8) is 0 Å². The number of hydrogen-bond acceptors (Lipinski definition) is 7. The van der Waals surface area contributed by atoms with Crippen molar-refractivity contribution in [1.29, 1.82) is 0 Å². The number of fused-ring (bicyclic) bond motifs is 1. The van der Waals surface area contributed by atoms with Gasteiger partial charge >= 0.3 is 6.09 Å². The van der Waals surface area contributed by atoms with E-state index in [0.29, 0.717) is 41.6 Å². The first kappa shape index (κ1) is 24.0. The number of amides is 1. The van der Waals surface area contributed by atoms with Crippen LogP contribution in [0.4, 0.5) is 15.1 Å². The van der Waals surface area contributed by atoms with E-state index in [-0.39, 0.29) is 11.1 Å². The first-order chi connectivity index (χ1) is 17.4. The third-order valence-corrected chi connectivity index (χ3v) is 6.22. The summed E-state index contributed by atoms with van der Waals surface area (Å²) in [4.78, 5) is 21.8. The average molecular weight is 511 g/mol. The molecule has 1 amide bonds. The van der Waals surface area contributed by atoms with E-state index in [2.05, 4.69) is 25.7 Å². The van der Waals surface area contributed by atoms with Gasteiger partial charge in [-0.25, -0.2) is 19.2 Å². The summed E-state index contributed by atoms with van der Waals surface area (Å²) in [5.41, 5.74) is 1.79. The third-order valence-electron chi connectivity index (χ3n) is 5.92. The predicted octanol–water partition coefficient (Wildman–Crippen LogP) is 4.62. The van der Waals surface area contributed by atoms with E-state index >= 15 is 0 Å². The van der Waals surface area contributed by atoms with Gasteiger partial charge in [0.25, 0.3) is 0 Å². The fraction of sp³-hybridized carbons (Fsp3) is 0.280. The summed E-state index contributed by atoms with van der Waals surface area (Å²) in [6, 6.07) is 9.04. The molecule has 0 unspecified atom stereocenters. The molecular formula is C25H24ClFN6O3. The maximum atomic E-state index is 14.2. The highest BCUT2D eigenvalue weighted by Crippen LogP contribution is 2.26. The van der Waals surface area contributed by atoms with E-state index in [1.807, 2.05) is 0 Å². The zero-order chi connectivity index (χ0) is 25.1. The Labute approximate surface area is 211 Å². The molecule has 1 atom stereocenters. The lowest BCUT2D eigenvalue weighted by atomic mass is 10.0. The van der Waals surface area contributed by atoms with Crippen LogP contribution in [0.5, 0.6) is 5.75 Å². The Bertz CT molecular complexity index is 1390. The Hall–Kier alpha value is -3.76. The lowest BCUT2D eigenvalue weighted by Gasteiger charge is -2.23. The van der Waals surface area contributed by atoms with Crippen LogP contribution in [-0.2, 0) is 11.8 Å². The van der Waals surface area contributed by atoms with Gasteiger partial charge < -0.3 is 20.1 Å². The quantitative estimate of drug-likeness (QED) is 0.390. The number of nitrogens with zero attached hydrogens (tertiary/aromatic N) is 4. The number of anilines is 1. The number of halogens is 2. The summed E-state index contributed by atoms with van der Waals surface area (Å²) in [7, 11) is 1.75. The number of aryl methyl sites for hydroxylation is 1. The van der Waals surface area contributed by atoms with Crippen molar-refractivity contribution in [2.75, 3.05) is 18.5 Å². The van der Waals surface area contributed by atoms with Gasteiger partial charge in [-0.2, -0.15) is 5.10 Å². The minimum atomic E-state index is -0.715. The molecule has 5 rings (SSSR count). The number of rotatable bonds is 6. The van der Waals surface area contributed by atoms with E-state index in [1.54, 1.807) is 54.6 Å². The SMILES string of the molecule is Cn1cc([C@@H](NC(=O)Oc2ccc3cnc(NC4CCOCC4)nc3c2)c2ccc(Cl)c(F)c2)cn1. The van der Waals surface area contributed by atoms with Crippen LogP contribution in [0.25, 0.3) is 10.9 Å². The van der Waals surface area contributed by atoms with Crippen LogP contribution in [0.1, 0.15) is 30.0 Å². The number of nitrogens with one attached hydrogen (secondary N) is 2. The molecule has 36 heavy (non-hydrogen) atoms. The Balaban J connectivity index is 1.33. The summed E-state index contributed by atoms with van der Waals surface area (Å²) in [6.07, 6.45) is 6.12. The fourth-order valence-corrected chi connectivity index (χ4v) is 4.17. The molecule has 0 saturated carbocycles. The molecule has 0 radical (unpaired) electrons. The maximum absolute atomic E-state index is 14.2. The number of ether oxygens (including phenoxy) is 2. The van der Waals surface area contributed by atoms with Crippen LogP contribution in [0.3, 0.4) is 0 Å². The number of benzene rings is 2. The zero-order valence-electron chi connectivity index (χ0n) is 19.4. The second-order valence-corrected chi connectivity index (χ2v) is 8.94. The highest BCUT2D eigenvalue weighted by atomic mass is 35.5. The fourth-order valence-electron chi connectivity index (χ4n) is 4.06. The normalized spacial score (nSPS) is 15.0. The molecule has 0 bridgehead atoms. The van der Waals surface area contributed by atoms with Crippen LogP contribution < -0.4 is 15.4 Å². The Kier molecular flexibility index (Phi) is 6.97. The van der Waals surface area contributed by atoms with Gasteiger partial charge in [-0.3, -0.25) is 4.68 Å². The van der Waals surface area contributed by atoms with Crippen molar-refractivity contribution in [1.82, 2.24) is 25.1 Å². The van der Waals surface area contributed by atoms with Gasteiger partial charge in [0, 0.05) is 55.7 Å². The predicted molar refractivity (Wildman–Crippen MR) is 133 cm³/mol. The summed E-state index contributed by atoms with van der Waals surface area (Å²) >= 11 is 5.84. The number of aromatic nitrogens is 4. The first-order valence-electron chi connectivity index (χ1n) is 11.5. The molecule has 0 spiro atoms. The highest BCUT2D eigenvalue weighted by Gasteiger charge is 2.21. The van der Waals surface area contributed by atoms with Crippen molar-refractivity contribution in [3.05, 3.63) is 77.0 Å². The Morgan fingerprint density at radius 2 is 2.03 bits per heavy atom. The molecule has 186 valence electrons. The van der Waals surface area contributed by atoms with E-state index in [1.165, 1.54) is 12.1 Å². The molecule has 2 aromatic carbocycles. The molecule has 2 N–H and O–H groups in total. The van der Waals surface area contributed by atoms with Gasteiger partial charge in [0.1, 0.15) is 11.6 Å². The van der Waals surface area contributed by atoms with Crippen molar-refractivity contribution < 1.29 is 18.7 Å². The largest absolute Gasteiger partial charge is 0.413 e. The molecule has 0 aliphatic carbocycles. The van der Waals surface area contributed by atoms with Gasteiger partial charge in [0.2, 0.25) is 5.95 Å². The lowest BCUT2D eigenvalue weighted by molar-refractivity contribution is 0.0903. The van der Waals surface area contributed by atoms with Gasteiger partial charge in [0.05, 0.1) is 22.8 Å². The molecule has 1 fully saturated rings. The molecule has 9 nitrogen and oxygen atoms in total. The monoisotopic (exact) mass is 510 g/mol. The van der Waals surface area contributed by atoms with Crippen LogP contribution in [0.15, 0.2) is 55.0 Å². The molecular weight excluding hydrogens is 487 g/mol. The second-order valence-electron chi connectivity index (χ2n) is 8.53. The van der Waals surface area contributed by atoms with Crippen molar-refractivity contribution >= 4 is 34.5 Å². The first-order valence-corrected chi connectivity index (χ1v) is 11.9. The van der Waals surface area contributed by atoms with Crippen molar-refractivity contribution in [2.24, 2.45) is 7.05 Å². The minimum Gasteiger partial charge on any atom is -0.410 e. The van der Waals surface area contributed by atoms with Gasteiger partial charge in [-0.1, -0.05) is 17.7 Å². The van der Waals surface area contributed by atoms with E-state index < -0.39 is 18.0 Å². The lowest BCUT2D eigenvalue weighted by Crippen LogP contribution is -2.31. The average Bonchev–Trinajstić information content (AvgIpc) is 3.30.